The Kier molecular flexibility index (Phi) is 6.75. The smallest absolute Gasteiger partial charge is 0.0707 e. The third-order valence-corrected chi connectivity index (χ3v) is 4.94. The van der Waals surface area contributed by atoms with Crippen molar-refractivity contribution in [1.82, 2.24) is 15.1 Å². The molecule has 0 aliphatic carbocycles. The van der Waals surface area contributed by atoms with E-state index in [2.05, 4.69) is 36.0 Å². The van der Waals surface area contributed by atoms with Gasteiger partial charge in [0, 0.05) is 19.1 Å². The zero-order valence-electron chi connectivity index (χ0n) is 13.6. The number of likely N-dealkylation sites (tertiary alicyclic amines) is 1. The predicted octanol–water partition coefficient (Wildman–Crippen LogP) is 1.56. The summed E-state index contributed by atoms with van der Waals surface area (Å²) in [5.74, 6) is 0. The first-order valence-corrected chi connectivity index (χ1v) is 8.51. The standard InChI is InChI=1S/C16H33N3O/c1-4-17-12-15-6-7-16(20-15)13-18(3)14-8-10-19(5-2)11-9-14/h14-17H,4-13H2,1-3H3. The van der Waals surface area contributed by atoms with E-state index in [-0.39, 0.29) is 0 Å². The molecule has 0 aromatic carbocycles. The Morgan fingerprint density at radius 2 is 1.80 bits per heavy atom. The van der Waals surface area contributed by atoms with Crippen LogP contribution in [0.5, 0.6) is 0 Å². The Morgan fingerprint density at radius 3 is 2.45 bits per heavy atom. The highest BCUT2D eigenvalue weighted by Crippen LogP contribution is 2.22. The molecule has 0 saturated carbocycles. The first kappa shape index (κ1) is 16.2. The van der Waals surface area contributed by atoms with Crippen LogP contribution in [-0.4, -0.2) is 74.4 Å². The van der Waals surface area contributed by atoms with E-state index in [4.69, 9.17) is 4.74 Å². The van der Waals surface area contributed by atoms with Gasteiger partial charge in [-0.15, -0.1) is 0 Å². The number of nitrogens with zero attached hydrogens (tertiary/aromatic N) is 2. The molecular formula is C16H33N3O. The van der Waals surface area contributed by atoms with Crippen molar-refractivity contribution in [2.24, 2.45) is 0 Å². The van der Waals surface area contributed by atoms with E-state index in [1.54, 1.807) is 0 Å². The van der Waals surface area contributed by atoms with Gasteiger partial charge in [-0.2, -0.15) is 0 Å². The van der Waals surface area contributed by atoms with Gasteiger partial charge in [0.25, 0.3) is 0 Å². The molecule has 2 heterocycles. The summed E-state index contributed by atoms with van der Waals surface area (Å²) in [6, 6.07) is 0.759. The molecule has 20 heavy (non-hydrogen) atoms. The molecular weight excluding hydrogens is 250 g/mol. The summed E-state index contributed by atoms with van der Waals surface area (Å²) in [4.78, 5) is 5.11. The summed E-state index contributed by atoms with van der Waals surface area (Å²) < 4.78 is 6.15. The van der Waals surface area contributed by atoms with E-state index in [9.17, 15) is 0 Å². The van der Waals surface area contributed by atoms with Gasteiger partial charge < -0.3 is 19.9 Å². The monoisotopic (exact) mass is 283 g/mol. The number of rotatable bonds is 7. The fourth-order valence-electron chi connectivity index (χ4n) is 3.52. The minimum atomic E-state index is 0.440. The molecule has 4 nitrogen and oxygen atoms in total. The molecule has 2 unspecified atom stereocenters. The average Bonchev–Trinajstić information content (AvgIpc) is 2.92. The maximum absolute atomic E-state index is 6.15. The quantitative estimate of drug-likeness (QED) is 0.767. The van der Waals surface area contributed by atoms with Crippen molar-refractivity contribution in [2.75, 3.05) is 46.3 Å². The number of hydrogen-bond donors (Lipinski definition) is 1. The van der Waals surface area contributed by atoms with Crippen molar-refractivity contribution in [3.63, 3.8) is 0 Å². The van der Waals surface area contributed by atoms with Crippen LogP contribution in [0.4, 0.5) is 0 Å². The largest absolute Gasteiger partial charge is 0.372 e. The maximum Gasteiger partial charge on any atom is 0.0707 e. The number of likely N-dealkylation sites (N-methyl/N-ethyl adjacent to an activating group) is 2. The number of nitrogens with one attached hydrogen (secondary N) is 1. The van der Waals surface area contributed by atoms with Crippen LogP contribution >= 0.6 is 0 Å². The summed E-state index contributed by atoms with van der Waals surface area (Å²) in [7, 11) is 2.28. The maximum atomic E-state index is 6.15. The van der Waals surface area contributed by atoms with Gasteiger partial charge in [0.1, 0.15) is 0 Å². The lowest BCUT2D eigenvalue weighted by molar-refractivity contribution is 0.0138. The molecule has 2 aliphatic rings. The Hall–Kier alpha value is -0.160. The van der Waals surface area contributed by atoms with Crippen LogP contribution in [0.25, 0.3) is 0 Å². The molecule has 2 fully saturated rings. The van der Waals surface area contributed by atoms with Crippen molar-refractivity contribution in [2.45, 2.75) is 57.8 Å². The highest BCUT2D eigenvalue weighted by Gasteiger charge is 2.28. The Labute approximate surface area is 124 Å². The molecule has 2 atom stereocenters. The van der Waals surface area contributed by atoms with Crippen LogP contribution in [-0.2, 0) is 4.74 Å². The van der Waals surface area contributed by atoms with Crippen LogP contribution in [0.2, 0.25) is 0 Å². The third-order valence-electron chi connectivity index (χ3n) is 4.94. The summed E-state index contributed by atoms with van der Waals surface area (Å²) >= 11 is 0. The molecule has 0 aromatic heterocycles. The number of piperidine rings is 1. The minimum absolute atomic E-state index is 0.440. The van der Waals surface area contributed by atoms with Crippen LogP contribution < -0.4 is 5.32 Å². The summed E-state index contributed by atoms with van der Waals surface area (Å²) in [6.07, 6.45) is 5.98. The SMILES string of the molecule is CCNCC1CCC(CN(C)C2CCN(CC)CC2)O1. The first-order valence-electron chi connectivity index (χ1n) is 8.51. The van der Waals surface area contributed by atoms with Gasteiger partial charge in [-0.05, 0) is 58.9 Å². The van der Waals surface area contributed by atoms with Crippen molar-refractivity contribution >= 4 is 0 Å². The zero-order valence-corrected chi connectivity index (χ0v) is 13.6. The van der Waals surface area contributed by atoms with Gasteiger partial charge in [-0.3, -0.25) is 0 Å². The molecule has 0 amide bonds. The van der Waals surface area contributed by atoms with Crippen molar-refractivity contribution in [3.8, 4) is 0 Å². The number of hydrogen-bond acceptors (Lipinski definition) is 4. The lowest BCUT2D eigenvalue weighted by Crippen LogP contribution is -2.45. The van der Waals surface area contributed by atoms with Gasteiger partial charge >= 0.3 is 0 Å². The van der Waals surface area contributed by atoms with Crippen LogP contribution in [0.15, 0.2) is 0 Å². The Balaban J connectivity index is 1.66. The highest BCUT2D eigenvalue weighted by atomic mass is 16.5. The van der Waals surface area contributed by atoms with Crippen molar-refractivity contribution in [3.05, 3.63) is 0 Å². The summed E-state index contributed by atoms with van der Waals surface area (Å²) in [5.41, 5.74) is 0. The molecule has 0 spiro atoms. The van der Waals surface area contributed by atoms with Gasteiger partial charge in [0.2, 0.25) is 0 Å². The van der Waals surface area contributed by atoms with Crippen LogP contribution in [0, 0.1) is 0 Å². The van der Waals surface area contributed by atoms with Crippen molar-refractivity contribution in [1.29, 1.82) is 0 Å². The predicted molar refractivity (Wildman–Crippen MR) is 84.2 cm³/mol. The molecule has 2 saturated heterocycles. The lowest BCUT2D eigenvalue weighted by atomic mass is 10.0. The topological polar surface area (TPSA) is 27.7 Å². The lowest BCUT2D eigenvalue weighted by Gasteiger charge is -2.37. The second kappa shape index (κ2) is 8.32. The van der Waals surface area contributed by atoms with Crippen LogP contribution in [0.3, 0.4) is 0 Å². The fourth-order valence-corrected chi connectivity index (χ4v) is 3.52. The van der Waals surface area contributed by atoms with Crippen LogP contribution in [0.1, 0.15) is 39.5 Å². The van der Waals surface area contributed by atoms with E-state index in [0.717, 1.165) is 25.7 Å². The van der Waals surface area contributed by atoms with E-state index in [1.807, 2.05) is 0 Å². The van der Waals surface area contributed by atoms with Crippen molar-refractivity contribution < 1.29 is 4.74 Å². The second-order valence-corrected chi connectivity index (χ2v) is 6.37. The van der Waals surface area contributed by atoms with Gasteiger partial charge in [-0.1, -0.05) is 13.8 Å². The van der Waals surface area contributed by atoms with E-state index >= 15 is 0 Å². The molecule has 0 bridgehead atoms. The van der Waals surface area contributed by atoms with E-state index in [1.165, 1.54) is 45.3 Å². The normalized spacial score (nSPS) is 29.4. The second-order valence-electron chi connectivity index (χ2n) is 6.37. The molecule has 0 aromatic rings. The average molecular weight is 283 g/mol. The molecule has 118 valence electrons. The number of ether oxygens (including phenoxy) is 1. The highest BCUT2D eigenvalue weighted by molar-refractivity contribution is 4.82. The molecule has 1 N–H and O–H groups in total. The minimum Gasteiger partial charge on any atom is -0.372 e. The van der Waals surface area contributed by atoms with Gasteiger partial charge in [0.05, 0.1) is 12.2 Å². The molecule has 4 heteroatoms. The zero-order chi connectivity index (χ0) is 14.4. The Morgan fingerprint density at radius 1 is 1.10 bits per heavy atom. The fraction of sp³-hybridized carbons (Fsp3) is 1.00. The molecule has 2 aliphatic heterocycles. The van der Waals surface area contributed by atoms with Gasteiger partial charge in [-0.25, -0.2) is 0 Å². The summed E-state index contributed by atoms with van der Waals surface area (Å²) in [6.45, 7) is 11.3. The first-order chi connectivity index (χ1) is 9.72. The molecule has 0 radical (unpaired) electrons. The van der Waals surface area contributed by atoms with Gasteiger partial charge in [0.15, 0.2) is 0 Å². The summed E-state index contributed by atoms with van der Waals surface area (Å²) in [5, 5.41) is 3.39. The third kappa shape index (κ3) is 4.69. The van der Waals surface area contributed by atoms with E-state index < -0.39 is 0 Å². The Bertz CT molecular complexity index is 266. The van der Waals surface area contributed by atoms with E-state index in [0.29, 0.717) is 12.2 Å². The molecule has 2 rings (SSSR count).